The number of anilines is 2. The van der Waals surface area contributed by atoms with Gasteiger partial charge in [0.05, 0.1) is 11.4 Å². The molecule has 0 bridgehead atoms. The molecule has 0 radical (unpaired) electrons. The summed E-state index contributed by atoms with van der Waals surface area (Å²) in [7, 11) is 1.68. The van der Waals surface area contributed by atoms with Crippen molar-refractivity contribution in [1.29, 1.82) is 0 Å². The standard InChI is InChI=1S/C13H13N3O/c1-16(12-8-3-2-6-10(12)14)13(17)11-7-4-5-9-15-11/h2-9H,14H2,1H3. The number of amides is 1. The predicted octanol–water partition coefficient (Wildman–Crippen LogP) is 1.94. The van der Waals surface area contributed by atoms with E-state index < -0.39 is 0 Å². The van der Waals surface area contributed by atoms with Gasteiger partial charge in [0.1, 0.15) is 5.69 Å². The number of aromatic nitrogens is 1. The third kappa shape index (κ3) is 2.25. The highest BCUT2D eigenvalue weighted by molar-refractivity contribution is 6.05. The Hall–Kier alpha value is -2.36. The first-order valence-electron chi connectivity index (χ1n) is 5.24. The van der Waals surface area contributed by atoms with Crippen LogP contribution >= 0.6 is 0 Å². The Balaban J connectivity index is 2.30. The van der Waals surface area contributed by atoms with Gasteiger partial charge in [-0.15, -0.1) is 0 Å². The number of nitrogens with two attached hydrogens (primary N) is 1. The molecule has 2 aromatic rings. The van der Waals surface area contributed by atoms with Gasteiger partial charge in [-0.05, 0) is 24.3 Å². The maximum Gasteiger partial charge on any atom is 0.276 e. The molecule has 1 amide bonds. The van der Waals surface area contributed by atoms with Gasteiger partial charge in [-0.3, -0.25) is 9.78 Å². The fourth-order valence-corrected chi connectivity index (χ4v) is 1.56. The monoisotopic (exact) mass is 227 g/mol. The molecular weight excluding hydrogens is 214 g/mol. The highest BCUT2D eigenvalue weighted by atomic mass is 16.2. The lowest BCUT2D eigenvalue weighted by atomic mass is 10.2. The van der Waals surface area contributed by atoms with Gasteiger partial charge in [0, 0.05) is 13.2 Å². The van der Waals surface area contributed by atoms with Crippen LogP contribution in [0.5, 0.6) is 0 Å². The van der Waals surface area contributed by atoms with Crippen molar-refractivity contribution in [2.45, 2.75) is 0 Å². The lowest BCUT2D eigenvalue weighted by Gasteiger charge is -2.18. The summed E-state index contributed by atoms with van der Waals surface area (Å²) in [5.74, 6) is -0.177. The van der Waals surface area contributed by atoms with Crippen LogP contribution in [0.4, 0.5) is 11.4 Å². The molecule has 0 aliphatic heterocycles. The number of carbonyl (C=O) groups is 1. The van der Waals surface area contributed by atoms with Crippen LogP contribution in [0.3, 0.4) is 0 Å². The average Bonchev–Trinajstić information content (AvgIpc) is 2.39. The van der Waals surface area contributed by atoms with Crippen molar-refractivity contribution in [3.8, 4) is 0 Å². The van der Waals surface area contributed by atoms with Gasteiger partial charge in [0.25, 0.3) is 5.91 Å². The summed E-state index contributed by atoms with van der Waals surface area (Å²) in [4.78, 5) is 17.6. The van der Waals surface area contributed by atoms with Crippen molar-refractivity contribution in [2.75, 3.05) is 17.7 Å². The molecule has 0 aliphatic rings. The molecule has 1 aromatic heterocycles. The van der Waals surface area contributed by atoms with E-state index in [2.05, 4.69) is 4.98 Å². The van der Waals surface area contributed by atoms with E-state index in [9.17, 15) is 4.79 Å². The summed E-state index contributed by atoms with van der Waals surface area (Å²) in [5.41, 5.74) is 7.48. The number of nitrogen functional groups attached to an aromatic ring is 1. The SMILES string of the molecule is CN(C(=O)c1ccccn1)c1ccccc1N. The minimum atomic E-state index is -0.177. The molecule has 1 heterocycles. The summed E-state index contributed by atoms with van der Waals surface area (Å²) in [6.45, 7) is 0. The highest BCUT2D eigenvalue weighted by Gasteiger charge is 2.15. The quantitative estimate of drug-likeness (QED) is 0.797. The van der Waals surface area contributed by atoms with Crippen molar-refractivity contribution < 1.29 is 4.79 Å². The van der Waals surface area contributed by atoms with E-state index in [1.165, 1.54) is 4.90 Å². The van der Waals surface area contributed by atoms with Gasteiger partial charge < -0.3 is 10.6 Å². The van der Waals surface area contributed by atoms with Crippen molar-refractivity contribution in [1.82, 2.24) is 4.98 Å². The number of para-hydroxylation sites is 2. The molecule has 4 nitrogen and oxygen atoms in total. The molecule has 0 aliphatic carbocycles. The van der Waals surface area contributed by atoms with Crippen molar-refractivity contribution in [3.05, 3.63) is 54.4 Å². The smallest absolute Gasteiger partial charge is 0.276 e. The largest absolute Gasteiger partial charge is 0.397 e. The van der Waals surface area contributed by atoms with E-state index >= 15 is 0 Å². The van der Waals surface area contributed by atoms with Crippen LogP contribution in [-0.2, 0) is 0 Å². The molecule has 0 spiro atoms. The second-order valence-electron chi connectivity index (χ2n) is 3.64. The second kappa shape index (κ2) is 4.65. The summed E-state index contributed by atoms with van der Waals surface area (Å²) in [6, 6.07) is 12.5. The van der Waals surface area contributed by atoms with Gasteiger partial charge in [-0.1, -0.05) is 18.2 Å². The zero-order chi connectivity index (χ0) is 12.3. The number of nitrogens with zero attached hydrogens (tertiary/aromatic N) is 2. The molecule has 2 N–H and O–H groups in total. The van der Waals surface area contributed by atoms with Crippen LogP contribution in [0.2, 0.25) is 0 Å². The second-order valence-corrected chi connectivity index (χ2v) is 3.64. The van der Waals surface area contributed by atoms with E-state index in [1.807, 2.05) is 12.1 Å². The summed E-state index contributed by atoms with van der Waals surface area (Å²) >= 11 is 0. The Kier molecular flexibility index (Phi) is 3.05. The fourth-order valence-electron chi connectivity index (χ4n) is 1.56. The van der Waals surface area contributed by atoms with Gasteiger partial charge in [-0.25, -0.2) is 0 Å². The Morgan fingerprint density at radius 1 is 1.18 bits per heavy atom. The molecule has 2 rings (SSSR count). The first-order valence-corrected chi connectivity index (χ1v) is 5.24. The van der Waals surface area contributed by atoms with Crippen molar-refractivity contribution in [2.24, 2.45) is 0 Å². The van der Waals surface area contributed by atoms with Crippen LogP contribution in [-0.4, -0.2) is 17.9 Å². The van der Waals surface area contributed by atoms with Crippen LogP contribution in [0.25, 0.3) is 0 Å². The van der Waals surface area contributed by atoms with Gasteiger partial charge in [0.2, 0.25) is 0 Å². The van der Waals surface area contributed by atoms with Crippen LogP contribution in [0.15, 0.2) is 48.7 Å². The Bertz CT molecular complexity index is 525. The number of hydrogen-bond acceptors (Lipinski definition) is 3. The third-order valence-electron chi connectivity index (χ3n) is 2.49. The first-order chi connectivity index (χ1) is 8.20. The van der Waals surface area contributed by atoms with Crippen molar-refractivity contribution in [3.63, 3.8) is 0 Å². The number of carbonyl (C=O) groups excluding carboxylic acids is 1. The lowest BCUT2D eigenvalue weighted by molar-refractivity contribution is 0.0988. The third-order valence-corrected chi connectivity index (χ3v) is 2.49. The number of hydrogen-bond donors (Lipinski definition) is 1. The molecule has 17 heavy (non-hydrogen) atoms. The van der Waals surface area contributed by atoms with Gasteiger partial charge in [-0.2, -0.15) is 0 Å². The van der Waals surface area contributed by atoms with Crippen LogP contribution in [0, 0.1) is 0 Å². The van der Waals surface area contributed by atoms with Crippen LogP contribution in [0.1, 0.15) is 10.5 Å². The molecule has 4 heteroatoms. The fraction of sp³-hybridized carbons (Fsp3) is 0.0769. The number of rotatable bonds is 2. The molecule has 0 fully saturated rings. The molecular formula is C13H13N3O. The topological polar surface area (TPSA) is 59.2 Å². The zero-order valence-electron chi connectivity index (χ0n) is 9.50. The summed E-state index contributed by atoms with van der Waals surface area (Å²) in [6.07, 6.45) is 1.59. The maximum absolute atomic E-state index is 12.1. The van der Waals surface area contributed by atoms with E-state index in [-0.39, 0.29) is 5.91 Å². The van der Waals surface area contributed by atoms with Gasteiger partial charge in [0.15, 0.2) is 0 Å². The molecule has 0 saturated heterocycles. The minimum Gasteiger partial charge on any atom is -0.397 e. The minimum absolute atomic E-state index is 0.177. The normalized spacial score (nSPS) is 9.94. The van der Waals surface area contributed by atoms with Gasteiger partial charge >= 0.3 is 0 Å². The number of benzene rings is 1. The van der Waals surface area contributed by atoms with E-state index in [0.29, 0.717) is 17.1 Å². The lowest BCUT2D eigenvalue weighted by Crippen LogP contribution is -2.27. The van der Waals surface area contributed by atoms with Crippen molar-refractivity contribution >= 4 is 17.3 Å². The molecule has 86 valence electrons. The average molecular weight is 227 g/mol. The predicted molar refractivity (Wildman–Crippen MR) is 67.8 cm³/mol. The zero-order valence-corrected chi connectivity index (χ0v) is 9.50. The molecule has 0 unspecified atom stereocenters. The molecule has 1 aromatic carbocycles. The summed E-state index contributed by atoms with van der Waals surface area (Å²) in [5, 5.41) is 0. The first kappa shape index (κ1) is 11.1. The summed E-state index contributed by atoms with van der Waals surface area (Å²) < 4.78 is 0. The Morgan fingerprint density at radius 2 is 1.88 bits per heavy atom. The Morgan fingerprint density at radius 3 is 2.53 bits per heavy atom. The maximum atomic E-state index is 12.1. The van der Waals surface area contributed by atoms with E-state index in [4.69, 9.17) is 5.73 Å². The van der Waals surface area contributed by atoms with E-state index in [1.54, 1.807) is 43.6 Å². The Labute approximate surface area is 99.7 Å². The molecule has 0 saturated carbocycles. The van der Waals surface area contributed by atoms with Crippen LogP contribution < -0.4 is 10.6 Å². The highest BCUT2D eigenvalue weighted by Crippen LogP contribution is 2.22. The number of pyridine rings is 1. The molecule has 0 atom stereocenters. The van der Waals surface area contributed by atoms with E-state index in [0.717, 1.165) is 0 Å².